The molecule has 0 aliphatic carbocycles. The summed E-state index contributed by atoms with van der Waals surface area (Å²) in [7, 11) is 5.18. The number of likely N-dealkylation sites (N-methyl/N-ethyl adjacent to an activating group) is 3. The fourth-order valence-electron chi connectivity index (χ4n) is 5.75. The van der Waals surface area contributed by atoms with E-state index in [-0.39, 0.29) is 30.8 Å². The molecule has 0 radical (unpaired) electrons. The van der Waals surface area contributed by atoms with Crippen LogP contribution in [0.25, 0.3) is 0 Å². The monoisotopic (exact) mass is 610 g/mol. The third kappa shape index (κ3) is 13.6. The van der Waals surface area contributed by atoms with Crippen molar-refractivity contribution in [2.24, 2.45) is 17.8 Å². The minimum Gasteiger partial charge on any atom is -0.391 e. The standard InChI is InChI=1S/C32H62N6O5/c1-23(2)19-26(6)34-32(22-39,20-24(3)4)37(10)29(42)21-36(9)31(43)30(27(7)40)33-28(41)12-11-25(5)13-14-38-17-15-35(8)16-18-38/h22-27,30,34,40H,11-21H2,1-10H3,(H,33,41). The molecule has 250 valence electrons. The highest BCUT2D eigenvalue weighted by molar-refractivity contribution is 5.91. The van der Waals surface area contributed by atoms with Crippen LogP contribution < -0.4 is 10.6 Å². The molecule has 0 saturated carbocycles. The van der Waals surface area contributed by atoms with Crippen LogP contribution in [0.3, 0.4) is 0 Å². The normalized spacial score (nSPS) is 18.9. The average Bonchev–Trinajstić information content (AvgIpc) is 2.92. The molecule has 1 heterocycles. The Kier molecular flexibility index (Phi) is 16.9. The van der Waals surface area contributed by atoms with Gasteiger partial charge in [0.2, 0.25) is 17.7 Å². The number of aliphatic hydroxyl groups is 1. The number of amides is 3. The summed E-state index contributed by atoms with van der Waals surface area (Å²) in [6.07, 6.45) is 2.83. The number of hydrogen-bond donors (Lipinski definition) is 3. The lowest BCUT2D eigenvalue weighted by atomic mass is 9.94. The Hall–Kier alpha value is -2.08. The van der Waals surface area contributed by atoms with E-state index < -0.39 is 29.6 Å². The van der Waals surface area contributed by atoms with Gasteiger partial charge < -0.3 is 30.0 Å². The maximum atomic E-state index is 13.4. The lowest BCUT2D eigenvalue weighted by molar-refractivity contribution is -0.148. The fourth-order valence-corrected chi connectivity index (χ4v) is 5.75. The number of carbonyl (C=O) groups excluding carboxylic acids is 4. The number of nitrogens with zero attached hydrogens (tertiary/aromatic N) is 4. The van der Waals surface area contributed by atoms with Crippen molar-refractivity contribution in [1.29, 1.82) is 0 Å². The van der Waals surface area contributed by atoms with Crippen LogP contribution in [0.2, 0.25) is 0 Å². The van der Waals surface area contributed by atoms with Crippen molar-refractivity contribution in [3.63, 3.8) is 0 Å². The van der Waals surface area contributed by atoms with Crippen LogP contribution in [-0.2, 0) is 19.2 Å². The van der Waals surface area contributed by atoms with Gasteiger partial charge in [0.05, 0.1) is 12.6 Å². The molecule has 11 heteroatoms. The van der Waals surface area contributed by atoms with Crippen LogP contribution in [0, 0.1) is 17.8 Å². The summed E-state index contributed by atoms with van der Waals surface area (Å²) in [5.74, 6) is -0.394. The summed E-state index contributed by atoms with van der Waals surface area (Å²) >= 11 is 0. The third-order valence-corrected chi connectivity index (χ3v) is 8.42. The Labute approximate surface area is 261 Å². The summed E-state index contributed by atoms with van der Waals surface area (Å²) < 4.78 is 0. The molecular weight excluding hydrogens is 548 g/mol. The largest absolute Gasteiger partial charge is 0.391 e. The molecule has 11 nitrogen and oxygen atoms in total. The van der Waals surface area contributed by atoms with Gasteiger partial charge in [-0.15, -0.1) is 0 Å². The zero-order valence-electron chi connectivity index (χ0n) is 28.7. The highest BCUT2D eigenvalue weighted by atomic mass is 16.3. The van der Waals surface area contributed by atoms with Gasteiger partial charge in [0.15, 0.2) is 11.9 Å². The average molecular weight is 611 g/mol. The smallest absolute Gasteiger partial charge is 0.248 e. The van der Waals surface area contributed by atoms with Crippen molar-refractivity contribution in [1.82, 2.24) is 30.2 Å². The van der Waals surface area contributed by atoms with E-state index in [4.69, 9.17) is 0 Å². The molecule has 3 N–H and O–H groups in total. The number of rotatable bonds is 19. The number of aliphatic hydroxyl groups excluding tert-OH is 1. The van der Waals surface area contributed by atoms with Crippen LogP contribution in [0.4, 0.5) is 0 Å². The highest BCUT2D eigenvalue weighted by Gasteiger charge is 2.40. The molecule has 1 aliphatic heterocycles. The number of aldehydes is 1. The Morgan fingerprint density at radius 2 is 1.56 bits per heavy atom. The van der Waals surface area contributed by atoms with Crippen molar-refractivity contribution in [2.75, 3.05) is 60.4 Å². The molecule has 5 unspecified atom stereocenters. The van der Waals surface area contributed by atoms with Crippen LogP contribution in [0.15, 0.2) is 0 Å². The summed E-state index contributed by atoms with van der Waals surface area (Å²) in [5.41, 5.74) is -1.22. The second-order valence-electron chi connectivity index (χ2n) is 13.8. The maximum Gasteiger partial charge on any atom is 0.248 e. The van der Waals surface area contributed by atoms with Crippen LogP contribution >= 0.6 is 0 Å². The summed E-state index contributed by atoms with van der Waals surface area (Å²) in [6, 6.07) is -1.19. The van der Waals surface area contributed by atoms with Crippen molar-refractivity contribution in [2.45, 2.75) is 104 Å². The Balaban J connectivity index is 2.76. The van der Waals surface area contributed by atoms with Gasteiger partial charge in [0, 0.05) is 52.7 Å². The molecule has 1 rings (SSSR count). The van der Waals surface area contributed by atoms with E-state index >= 15 is 0 Å². The summed E-state index contributed by atoms with van der Waals surface area (Å²) in [5, 5.41) is 16.4. The molecule has 5 atom stereocenters. The van der Waals surface area contributed by atoms with E-state index in [0.29, 0.717) is 24.7 Å². The molecule has 1 fully saturated rings. The first-order valence-corrected chi connectivity index (χ1v) is 16.1. The molecule has 43 heavy (non-hydrogen) atoms. The second-order valence-corrected chi connectivity index (χ2v) is 13.8. The molecule has 0 aromatic rings. The first-order valence-electron chi connectivity index (χ1n) is 16.1. The van der Waals surface area contributed by atoms with Crippen LogP contribution in [0.5, 0.6) is 0 Å². The topological polar surface area (TPSA) is 126 Å². The Morgan fingerprint density at radius 1 is 0.953 bits per heavy atom. The van der Waals surface area contributed by atoms with Gasteiger partial charge in [-0.25, -0.2) is 0 Å². The zero-order chi connectivity index (χ0) is 32.9. The van der Waals surface area contributed by atoms with Crippen molar-refractivity contribution < 1.29 is 24.3 Å². The van der Waals surface area contributed by atoms with Gasteiger partial charge >= 0.3 is 0 Å². The molecule has 0 bridgehead atoms. The first-order chi connectivity index (χ1) is 20.0. The minimum atomic E-state index is -1.22. The molecule has 0 aromatic carbocycles. The Bertz CT molecular complexity index is 876. The van der Waals surface area contributed by atoms with Gasteiger partial charge in [-0.05, 0) is 70.9 Å². The number of carbonyl (C=O) groups is 4. The lowest BCUT2D eigenvalue weighted by Gasteiger charge is -2.42. The van der Waals surface area contributed by atoms with E-state index in [2.05, 4.69) is 48.3 Å². The van der Waals surface area contributed by atoms with E-state index in [1.807, 2.05) is 20.8 Å². The van der Waals surface area contributed by atoms with Crippen LogP contribution in [-0.4, -0.2) is 133 Å². The van der Waals surface area contributed by atoms with Gasteiger partial charge in [-0.3, -0.25) is 24.5 Å². The molecule has 1 saturated heterocycles. The van der Waals surface area contributed by atoms with Crippen molar-refractivity contribution in [3.8, 4) is 0 Å². The fraction of sp³-hybridized carbons (Fsp3) is 0.875. The lowest BCUT2D eigenvalue weighted by Crippen LogP contribution is -2.65. The summed E-state index contributed by atoms with van der Waals surface area (Å²) in [6.45, 7) is 18.8. The molecular formula is C32H62N6O5. The SMILES string of the molecule is CC(C)CC(C)NC(C=O)(CC(C)C)N(C)C(=O)CN(C)C(=O)C(NC(=O)CCC(C)CCN1CCN(C)CC1)C(C)O. The van der Waals surface area contributed by atoms with Gasteiger partial charge in [0.1, 0.15) is 6.04 Å². The third-order valence-electron chi connectivity index (χ3n) is 8.42. The second kappa shape index (κ2) is 18.7. The number of nitrogens with one attached hydrogen (secondary N) is 2. The number of piperazine rings is 1. The van der Waals surface area contributed by atoms with E-state index in [1.54, 1.807) is 7.05 Å². The van der Waals surface area contributed by atoms with Crippen molar-refractivity contribution in [3.05, 3.63) is 0 Å². The van der Waals surface area contributed by atoms with Gasteiger partial charge in [-0.2, -0.15) is 0 Å². The van der Waals surface area contributed by atoms with Crippen LogP contribution in [0.1, 0.15) is 80.6 Å². The maximum absolute atomic E-state index is 13.4. The van der Waals surface area contributed by atoms with Crippen molar-refractivity contribution >= 4 is 24.0 Å². The highest BCUT2D eigenvalue weighted by Crippen LogP contribution is 2.22. The zero-order valence-corrected chi connectivity index (χ0v) is 28.7. The van der Waals surface area contributed by atoms with E-state index in [0.717, 1.165) is 51.9 Å². The van der Waals surface area contributed by atoms with Gasteiger partial charge in [0.25, 0.3) is 0 Å². The molecule has 3 amide bonds. The van der Waals surface area contributed by atoms with E-state index in [1.165, 1.54) is 23.8 Å². The minimum absolute atomic E-state index is 0.0112. The molecule has 1 aliphatic rings. The number of hydrogen-bond acceptors (Lipinski definition) is 8. The predicted octanol–water partition coefficient (Wildman–Crippen LogP) is 1.79. The van der Waals surface area contributed by atoms with Gasteiger partial charge in [-0.1, -0.05) is 34.6 Å². The molecule has 0 aromatic heterocycles. The predicted molar refractivity (Wildman–Crippen MR) is 171 cm³/mol. The first kappa shape index (κ1) is 38.9. The quantitative estimate of drug-likeness (QED) is 0.149. The van der Waals surface area contributed by atoms with E-state index in [9.17, 15) is 24.3 Å². The molecule has 0 spiro atoms. The Morgan fingerprint density at radius 3 is 2.07 bits per heavy atom. The summed E-state index contributed by atoms with van der Waals surface area (Å²) in [4.78, 5) is 59.4.